The van der Waals surface area contributed by atoms with Crippen molar-refractivity contribution in [3.8, 4) is 0 Å². The smallest absolute Gasteiger partial charge is 0.306 e. The van der Waals surface area contributed by atoms with Gasteiger partial charge in [-0.2, -0.15) is 0 Å². The minimum Gasteiger partial charge on any atom is -0.469 e. The van der Waals surface area contributed by atoms with Crippen LogP contribution >= 0.6 is 0 Å². The van der Waals surface area contributed by atoms with E-state index in [0.29, 0.717) is 6.42 Å². The third-order valence-corrected chi connectivity index (χ3v) is 3.47. The van der Waals surface area contributed by atoms with E-state index in [9.17, 15) is 4.79 Å². The number of fused-ring (bicyclic) bond motifs is 1. The summed E-state index contributed by atoms with van der Waals surface area (Å²) in [7, 11) is 1.42. The Morgan fingerprint density at radius 2 is 2.24 bits per heavy atom. The highest BCUT2D eigenvalue weighted by molar-refractivity contribution is 5.70. The molecule has 2 rings (SSSR count). The number of hydrogen-bond acceptors (Lipinski definition) is 4. The quantitative estimate of drug-likeness (QED) is 0.547. The summed E-state index contributed by atoms with van der Waals surface area (Å²) < 4.78 is 16.4. The van der Waals surface area contributed by atoms with Crippen molar-refractivity contribution in [2.45, 2.75) is 51.6 Å². The van der Waals surface area contributed by atoms with Gasteiger partial charge in [0.05, 0.1) is 19.6 Å². The topological polar surface area (TPSA) is 44.8 Å². The zero-order valence-corrected chi connectivity index (χ0v) is 10.9. The highest BCUT2D eigenvalue weighted by Gasteiger charge is 2.50. The standard InChI is InChI=1S/C13H20O4/c1-5-9-8(7-11(14)15-4)6-10-12(9)17-13(2,3)16-10/h5,8,10,12H,6-7H2,1-4H3/b9-5+/t8-,10+,12-/m1/s1. The van der Waals surface area contributed by atoms with Crippen LogP contribution in [0.1, 0.15) is 33.6 Å². The van der Waals surface area contributed by atoms with Gasteiger partial charge in [-0.25, -0.2) is 0 Å². The second-order valence-electron chi connectivity index (χ2n) is 5.10. The Bertz CT molecular complexity index is 345. The lowest BCUT2D eigenvalue weighted by molar-refractivity contribution is -0.150. The first kappa shape index (κ1) is 12.6. The molecule has 0 spiro atoms. The number of ether oxygens (including phenoxy) is 3. The van der Waals surface area contributed by atoms with E-state index in [0.717, 1.165) is 6.42 Å². The first-order valence-electron chi connectivity index (χ1n) is 6.05. The largest absolute Gasteiger partial charge is 0.469 e. The molecule has 0 aromatic rings. The zero-order chi connectivity index (χ0) is 12.6. The first-order valence-corrected chi connectivity index (χ1v) is 6.05. The maximum atomic E-state index is 11.3. The van der Waals surface area contributed by atoms with Crippen LogP contribution in [0, 0.1) is 5.92 Å². The fourth-order valence-electron chi connectivity index (χ4n) is 2.82. The van der Waals surface area contributed by atoms with E-state index in [1.807, 2.05) is 26.8 Å². The first-order chi connectivity index (χ1) is 7.96. The SMILES string of the molecule is C/C=C1\[C@@H](CC(=O)OC)C[C@@H]2OC(C)(C)O[C@H]12. The third kappa shape index (κ3) is 2.38. The van der Waals surface area contributed by atoms with Gasteiger partial charge in [-0.3, -0.25) is 4.79 Å². The number of methoxy groups -OCH3 is 1. The van der Waals surface area contributed by atoms with Crippen LogP contribution in [-0.2, 0) is 19.0 Å². The van der Waals surface area contributed by atoms with Crippen LogP contribution in [0.2, 0.25) is 0 Å². The molecule has 1 heterocycles. The molecule has 1 aliphatic heterocycles. The van der Waals surface area contributed by atoms with E-state index in [4.69, 9.17) is 14.2 Å². The van der Waals surface area contributed by atoms with E-state index in [2.05, 4.69) is 0 Å². The van der Waals surface area contributed by atoms with Crippen LogP contribution in [0.15, 0.2) is 11.6 Å². The fraction of sp³-hybridized carbons (Fsp3) is 0.769. The summed E-state index contributed by atoms with van der Waals surface area (Å²) in [6, 6.07) is 0. The second-order valence-corrected chi connectivity index (χ2v) is 5.10. The van der Waals surface area contributed by atoms with Gasteiger partial charge in [0.15, 0.2) is 5.79 Å². The molecule has 0 amide bonds. The summed E-state index contributed by atoms with van der Waals surface area (Å²) in [6.45, 7) is 5.83. The maximum absolute atomic E-state index is 11.3. The predicted molar refractivity (Wildman–Crippen MR) is 62.3 cm³/mol. The lowest BCUT2D eigenvalue weighted by Crippen LogP contribution is -2.24. The summed E-state index contributed by atoms with van der Waals surface area (Å²) in [5.41, 5.74) is 1.17. The summed E-state index contributed by atoms with van der Waals surface area (Å²) >= 11 is 0. The molecule has 0 radical (unpaired) electrons. The van der Waals surface area contributed by atoms with Crippen molar-refractivity contribution in [1.82, 2.24) is 0 Å². The van der Waals surface area contributed by atoms with E-state index >= 15 is 0 Å². The Labute approximate surface area is 102 Å². The van der Waals surface area contributed by atoms with Gasteiger partial charge in [0.25, 0.3) is 0 Å². The average Bonchev–Trinajstić information content (AvgIpc) is 2.68. The molecule has 1 saturated carbocycles. The van der Waals surface area contributed by atoms with E-state index in [1.54, 1.807) is 0 Å². The number of carbonyl (C=O) groups excluding carboxylic acids is 1. The number of allylic oxidation sites excluding steroid dienone is 1. The molecule has 0 aromatic heterocycles. The normalized spacial score (nSPS) is 37.2. The van der Waals surface area contributed by atoms with Crippen LogP contribution in [0.3, 0.4) is 0 Å². The molecule has 2 fully saturated rings. The van der Waals surface area contributed by atoms with Crippen LogP contribution in [-0.4, -0.2) is 31.1 Å². The minimum absolute atomic E-state index is 0.00431. The molecule has 96 valence electrons. The molecule has 1 aliphatic carbocycles. The number of esters is 1. The second kappa shape index (κ2) is 4.42. The van der Waals surface area contributed by atoms with Gasteiger partial charge in [-0.05, 0) is 38.7 Å². The summed E-state index contributed by atoms with van der Waals surface area (Å²) in [4.78, 5) is 11.3. The Hall–Kier alpha value is -0.870. The van der Waals surface area contributed by atoms with Crippen LogP contribution in [0.5, 0.6) is 0 Å². The lowest BCUT2D eigenvalue weighted by atomic mass is 9.98. The minimum atomic E-state index is -0.514. The lowest BCUT2D eigenvalue weighted by Gasteiger charge is -2.21. The highest BCUT2D eigenvalue weighted by Crippen LogP contribution is 2.45. The third-order valence-electron chi connectivity index (χ3n) is 3.47. The Morgan fingerprint density at radius 1 is 1.53 bits per heavy atom. The molecule has 0 N–H and O–H groups in total. The molecular formula is C13H20O4. The van der Waals surface area contributed by atoms with Crippen molar-refractivity contribution in [2.75, 3.05) is 7.11 Å². The monoisotopic (exact) mass is 240 g/mol. The molecular weight excluding hydrogens is 220 g/mol. The molecule has 4 nitrogen and oxygen atoms in total. The van der Waals surface area contributed by atoms with Gasteiger partial charge in [0, 0.05) is 0 Å². The zero-order valence-electron chi connectivity index (χ0n) is 10.9. The van der Waals surface area contributed by atoms with Crippen LogP contribution in [0.25, 0.3) is 0 Å². The summed E-state index contributed by atoms with van der Waals surface area (Å²) in [5, 5.41) is 0. The van der Waals surface area contributed by atoms with Crippen LogP contribution in [0.4, 0.5) is 0 Å². The molecule has 17 heavy (non-hydrogen) atoms. The van der Waals surface area contributed by atoms with Crippen molar-refractivity contribution in [3.63, 3.8) is 0 Å². The number of rotatable bonds is 2. The van der Waals surface area contributed by atoms with Gasteiger partial charge in [-0.1, -0.05) is 6.08 Å². The number of carbonyl (C=O) groups is 1. The van der Waals surface area contributed by atoms with Crippen LogP contribution < -0.4 is 0 Å². The van der Waals surface area contributed by atoms with Crippen molar-refractivity contribution in [3.05, 3.63) is 11.6 Å². The molecule has 0 unspecified atom stereocenters. The molecule has 4 heteroatoms. The molecule has 3 atom stereocenters. The predicted octanol–water partition coefficient (Wildman–Crippen LogP) is 2.04. The molecule has 1 saturated heterocycles. The van der Waals surface area contributed by atoms with Crippen molar-refractivity contribution in [1.29, 1.82) is 0 Å². The van der Waals surface area contributed by atoms with Crippen molar-refractivity contribution >= 4 is 5.97 Å². The van der Waals surface area contributed by atoms with E-state index in [1.165, 1.54) is 12.7 Å². The number of hydrogen-bond donors (Lipinski definition) is 0. The summed E-state index contributed by atoms with van der Waals surface area (Å²) in [5.74, 6) is -0.494. The molecule has 0 bridgehead atoms. The Kier molecular flexibility index (Phi) is 3.27. The average molecular weight is 240 g/mol. The van der Waals surface area contributed by atoms with Crippen molar-refractivity contribution < 1.29 is 19.0 Å². The van der Waals surface area contributed by atoms with Gasteiger partial charge in [0.2, 0.25) is 0 Å². The van der Waals surface area contributed by atoms with Gasteiger partial charge < -0.3 is 14.2 Å². The Balaban J connectivity index is 2.09. The van der Waals surface area contributed by atoms with Crippen molar-refractivity contribution in [2.24, 2.45) is 5.92 Å². The van der Waals surface area contributed by atoms with Gasteiger partial charge in [-0.15, -0.1) is 0 Å². The fourth-order valence-corrected chi connectivity index (χ4v) is 2.82. The molecule has 2 aliphatic rings. The van der Waals surface area contributed by atoms with E-state index < -0.39 is 5.79 Å². The van der Waals surface area contributed by atoms with Gasteiger partial charge >= 0.3 is 5.97 Å². The summed E-state index contributed by atoms with van der Waals surface area (Å²) in [6.07, 6.45) is 3.37. The molecule has 0 aromatic carbocycles. The highest BCUT2D eigenvalue weighted by atomic mass is 16.8. The maximum Gasteiger partial charge on any atom is 0.306 e. The Morgan fingerprint density at radius 3 is 2.82 bits per heavy atom. The van der Waals surface area contributed by atoms with Gasteiger partial charge in [0.1, 0.15) is 6.10 Å². The van der Waals surface area contributed by atoms with E-state index in [-0.39, 0.29) is 24.1 Å².